The maximum absolute atomic E-state index is 14.4. The van der Waals surface area contributed by atoms with Gasteiger partial charge in [0, 0.05) is 18.6 Å². The molecule has 0 bridgehead atoms. The third-order valence-electron chi connectivity index (χ3n) is 4.04. The van der Waals surface area contributed by atoms with Gasteiger partial charge in [0.1, 0.15) is 0 Å². The Morgan fingerprint density at radius 2 is 2.10 bits per heavy atom. The van der Waals surface area contributed by atoms with Crippen molar-refractivity contribution in [2.45, 2.75) is 38.3 Å². The first-order chi connectivity index (χ1) is 10.0. The Morgan fingerprint density at radius 3 is 2.71 bits per heavy atom. The molecule has 6 heteroatoms. The molecule has 2 atom stereocenters. The third kappa shape index (κ3) is 2.85. The molecule has 1 aromatic rings. The fourth-order valence-electron chi connectivity index (χ4n) is 2.96. The molecule has 4 nitrogen and oxygen atoms in total. The van der Waals surface area contributed by atoms with E-state index in [2.05, 4.69) is 4.74 Å². The zero-order valence-corrected chi connectivity index (χ0v) is 12.2. The number of piperidine rings is 1. The molecule has 1 heterocycles. The summed E-state index contributed by atoms with van der Waals surface area (Å²) < 4.78 is 32.9. The fourth-order valence-corrected chi connectivity index (χ4v) is 2.96. The number of anilines is 1. The second-order valence-electron chi connectivity index (χ2n) is 5.33. The van der Waals surface area contributed by atoms with Crippen LogP contribution >= 0.6 is 0 Å². The van der Waals surface area contributed by atoms with Crippen LogP contribution in [0.5, 0.6) is 0 Å². The molecule has 1 fully saturated rings. The second kappa shape index (κ2) is 6.39. The molecule has 0 amide bonds. The molecular formula is C15H20F2N2O2. The quantitative estimate of drug-likeness (QED) is 0.871. The normalized spacial score (nSPS) is 22.2. The van der Waals surface area contributed by atoms with Gasteiger partial charge in [0.2, 0.25) is 0 Å². The van der Waals surface area contributed by atoms with E-state index in [4.69, 9.17) is 5.73 Å². The van der Waals surface area contributed by atoms with Crippen LogP contribution in [-0.2, 0) is 4.74 Å². The average Bonchev–Trinajstić information content (AvgIpc) is 2.49. The summed E-state index contributed by atoms with van der Waals surface area (Å²) in [6, 6.07) is 2.74. The van der Waals surface area contributed by atoms with Crippen LogP contribution in [0, 0.1) is 11.6 Å². The van der Waals surface area contributed by atoms with Crippen LogP contribution in [0.25, 0.3) is 0 Å². The lowest BCUT2D eigenvalue weighted by atomic mass is 9.95. The number of carbonyl (C=O) groups is 1. The number of rotatable bonds is 3. The Morgan fingerprint density at radius 1 is 1.38 bits per heavy atom. The molecular weight excluding hydrogens is 278 g/mol. The van der Waals surface area contributed by atoms with Crippen molar-refractivity contribution in [1.29, 1.82) is 0 Å². The van der Waals surface area contributed by atoms with Crippen molar-refractivity contribution in [2.24, 2.45) is 5.73 Å². The molecule has 0 aliphatic carbocycles. The monoisotopic (exact) mass is 298 g/mol. The molecule has 1 aliphatic heterocycles. The number of methoxy groups -OCH3 is 1. The smallest absolute Gasteiger partial charge is 0.340 e. The number of benzene rings is 1. The van der Waals surface area contributed by atoms with Crippen LogP contribution in [0.4, 0.5) is 14.5 Å². The van der Waals surface area contributed by atoms with Gasteiger partial charge in [0.25, 0.3) is 0 Å². The van der Waals surface area contributed by atoms with E-state index in [0.29, 0.717) is 6.54 Å². The Bertz CT molecular complexity index is 537. The summed E-state index contributed by atoms with van der Waals surface area (Å²) in [5, 5.41) is 0. The molecule has 2 N–H and O–H groups in total. The van der Waals surface area contributed by atoms with Crippen molar-refractivity contribution in [1.82, 2.24) is 0 Å². The summed E-state index contributed by atoms with van der Waals surface area (Å²) in [6.45, 7) is 2.34. The highest BCUT2D eigenvalue weighted by Crippen LogP contribution is 2.32. The Balaban J connectivity index is 2.44. The molecule has 21 heavy (non-hydrogen) atoms. The van der Waals surface area contributed by atoms with Crippen LogP contribution in [0.2, 0.25) is 0 Å². The van der Waals surface area contributed by atoms with Gasteiger partial charge in [0.05, 0.1) is 18.4 Å². The van der Waals surface area contributed by atoms with Crippen molar-refractivity contribution >= 4 is 11.7 Å². The molecule has 2 unspecified atom stereocenters. The van der Waals surface area contributed by atoms with E-state index < -0.39 is 23.2 Å². The predicted molar refractivity (Wildman–Crippen MR) is 76.3 cm³/mol. The summed E-state index contributed by atoms with van der Waals surface area (Å²) in [5.74, 6) is -3.09. The maximum atomic E-state index is 14.4. The summed E-state index contributed by atoms with van der Waals surface area (Å²) >= 11 is 0. The first kappa shape index (κ1) is 15.7. The summed E-state index contributed by atoms with van der Waals surface area (Å²) in [5.41, 5.74) is 5.51. The van der Waals surface area contributed by atoms with Crippen LogP contribution in [0.1, 0.15) is 36.5 Å². The van der Waals surface area contributed by atoms with Gasteiger partial charge in [-0.1, -0.05) is 0 Å². The van der Waals surface area contributed by atoms with E-state index in [1.807, 2.05) is 11.8 Å². The molecule has 2 rings (SSSR count). The second-order valence-corrected chi connectivity index (χ2v) is 5.33. The SMILES string of the molecule is COC(=O)c1ccc(N2C(C)CCCC2CN)c(F)c1F. The minimum Gasteiger partial charge on any atom is -0.465 e. The molecule has 0 radical (unpaired) electrons. The number of esters is 1. The van der Waals surface area contributed by atoms with E-state index in [0.717, 1.165) is 26.4 Å². The zero-order chi connectivity index (χ0) is 15.6. The molecule has 0 aromatic heterocycles. The molecule has 1 aromatic carbocycles. The summed E-state index contributed by atoms with van der Waals surface area (Å²) in [7, 11) is 1.13. The number of hydrogen-bond acceptors (Lipinski definition) is 4. The Kier molecular flexibility index (Phi) is 4.77. The van der Waals surface area contributed by atoms with Gasteiger partial charge in [-0.15, -0.1) is 0 Å². The van der Waals surface area contributed by atoms with Gasteiger partial charge in [-0.05, 0) is 38.3 Å². The van der Waals surface area contributed by atoms with E-state index in [-0.39, 0.29) is 17.8 Å². The van der Waals surface area contributed by atoms with Crippen LogP contribution < -0.4 is 10.6 Å². The van der Waals surface area contributed by atoms with Gasteiger partial charge in [-0.2, -0.15) is 0 Å². The standard InChI is InChI=1S/C15H20F2N2O2/c1-9-4-3-5-10(8-18)19(9)12-7-6-11(15(20)21-2)13(16)14(12)17/h6-7,9-10H,3-5,8,18H2,1-2H3. The minimum absolute atomic E-state index is 0.0216. The third-order valence-corrected chi connectivity index (χ3v) is 4.04. The summed E-state index contributed by atoms with van der Waals surface area (Å²) in [4.78, 5) is 13.2. The lowest BCUT2D eigenvalue weighted by Crippen LogP contribution is -2.49. The minimum atomic E-state index is -1.17. The first-order valence-corrected chi connectivity index (χ1v) is 7.06. The molecule has 116 valence electrons. The van der Waals surface area contributed by atoms with Crippen molar-refractivity contribution in [3.8, 4) is 0 Å². The molecule has 1 saturated heterocycles. The maximum Gasteiger partial charge on any atom is 0.340 e. The molecule has 1 aliphatic rings. The van der Waals surface area contributed by atoms with Crippen LogP contribution in [0.15, 0.2) is 12.1 Å². The number of nitrogens with zero attached hydrogens (tertiary/aromatic N) is 1. The topological polar surface area (TPSA) is 55.6 Å². The highest BCUT2D eigenvalue weighted by Gasteiger charge is 2.31. The zero-order valence-electron chi connectivity index (χ0n) is 12.2. The van der Waals surface area contributed by atoms with Gasteiger partial charge < -0.3 is 15.4 Å². The van der Waals surface area contributed by atoms with Gasteiger partial charge >= 0.3 is 5.97 Å². The van der Waals surface area contributed by atoms with E-state index >= 15 is 0 Å². The average molecular weight is 298 g/mol. The number of carbonyl (C=O) groups excluding carboxylic acids is 1. The summed E-state index contributed by atoms with van der Waals surface area (Å²) in [6.07, 6.45) is 2.76. The van der Waals surface area contributed by atoms with Crippen LogP contribution in [-0.4, -0.2) is 31.7 Å². The van der Waals surface area contributed by atoms with Crippen molar-refractivity contribution in [3.05, 3.63) is 29.3 Å². The van der Waals surface area contributed by atoms with E-state index in [1.54, 1.807) is 0 Å². The Labute approximate surface area is 122 Å². The van der Waals surface area contributed by atoms with Crippen LogP contribution in [0.3, 0.4) is 0 Å². The molecule has 0 saturated carbocycles. The number of nitrogens with two attached hydrogens (primary N) is 1. The van der Waals surface area contributed by atoms with Crippen molar-refractivity contribution in [2.75, 3.05) is 18.6 Å². The van der Waals surface area contributed by atoms with Gasteiger partial charge in [0.15, 0.2) is 11.6 Å². The Hall–Kier alpha value is -1.69. The largest absolute Gasteiger partial charge is 0.465 e. The van der Waals surface area contributed by atoms with Crippen molar-refractivity contribution < 1.29 is 18.3 Å². The lowest BCUT2D eigenvalue weighted by Gasteiger charge is -2.42. The molecule has 0 spiro atoms. The number of ether oxygens (including phenoxy) is 1. The first-order valence-electron chi connectivity index (χ1n) is 7.06. The lowest BCUT2D eigenvalue weighted by molar-refractivity contribution is 0.0594. The van der Waals surface area contributed by atoms with Gasteiger partial charge in [-0.3, -0.25) is 0 Å². The van der Waals surface area contributed by atoms with Crippen molar-refractivity contribution in [3.63, 3.8) is 0 Å². The fraction of sp³-hybridized carbons (Fsp3) is 0.533. The van der Waals surface area contributed by atoms with E-state index in [1.165, 1.54) is 12.1 Å². The highest BCUT2D eigenvalue weighted by atomic mass is 19.2. The number of hydrogen-bond donors (Lipinski definition) is 1. The predicted octanol–water partition coefficient (Wildman–Crippen LogP) is 2.46. The van der Waals surface area contributed by atoms with E-state index in [9.17, 15) is 13.6 Å². The highest BCUT2D eigenvalue weighted by molar-refractivity contribution is 5.90. The van der Waals surface area contributed by atoms with Gasteiger partial charge in [-0.25, -0.2) is 13.6 Å². The number of halogens is 2.